The van der Waals surface area contributed by atoms with Gasteiger partial charge in [-0.1, -0.05) is 0 Å². The fourth-order valence-electron chi connectivity index (χ4n) is 1.21. The van der Waals surface area contributed by atoms with Crippen LogP contribution in [0.15, 0.2) is 29.2 Å². The molecule has 0 atom stereocenters. The highest BCUT2D eigenvalue weighted by Gasteiger charge is 1.99. The molecule has 3 N–H and O–H groups in total. The predicted octanol–water partition coefficient (Wildman–Crippen LogP) is 0.390. The molecule has 2 rings (SSSR count). The number of hydrogen-bond acceptors (Lipinski definition) is 5. The van der Waals surface area contributed by atoms with E-state index in [4.69, 9.17) is 5.73 Å². The minimum absolute atomic E-state index is 0.660. The normalized spacial score (nSPS) is 10.8. The van der Waals surface area contributed by atoms with Crippen LogP contribution in [0.25, 0.3) is 0 Å². The summed E-state index contributed by atoms with van der Waals surface area (Å²) in [7, 11) is 0. The molecule has 8 heteroatoms. The molecule has 0 aliphatic heterocycles. The summed E-state index contributed by atoms with van der Waals surface area (Å²) in [5.74, 6) is 0. The summed E-state index contributed by atoms with van der Waals surface area (Å²) >= 11 is 1.52. The zero-order chi connectivity index (χ0) is 12.1. The minimum atomic E-state index is -0.680. The SMILES string of the molecule is NC(=O)N/N=C\c1cc(Cn2cncn2)cs1. The van der Waals surface area contributed by atoms with E-state index >= 15 is 0 Å². The van der Waals surface area contributed by atoms with Crippen LogP contribution < -0.4 is 11.2 Å². The van der Waals surface area contributed by atoms with Crippen LogP contribution in [0.4, 0.5) is 4.79 Å². The number of carbonyl (C=O) groups is 1. The largest absolute Gasteiger partial charge is 0.350 e. The lowest BCUT2D eigenvalue weighted by Gasteiger charge is -1.95. The molecule has 0 spiro atoms. The summed E-state index contributed by atoms with van der Waals surface area (Å²) < 4.78 is 1.73. The Kier molecular flexibility index (Phi) is 3.46. The fraction of sp³-hybridized carbons (Fsp3) is 0.111. The van der Waals surface area contributed by atoms with Crippen molar-refractivity contribution >= 4 is 23.6 Å². The van der Waals surface area contributed by atoms with E-state index in [0.717, 1.165) is 10.4 Å². The first-order valence-corrected chi connectivity index (χ1v) is 5.60. The van der Waals surface area contributed by atoms with E-state index in [9.17, 15) is 4.79 Å². The molecule has 0 saturated heterocycles. The summed E-state index contributed by atoms with van der Waals surface area (Å²) in [5.41, 5.74) is 8.11. The van der Waals surface area contributed by atoms with Crippen molar-refractivity contribution in [1.29, 1.82) is 0 Å². The minimum Gasteiger partial charge on any atom is -0.350 e. The molecule has 2 aromatic heterocycles. The topological polar surface area (TPSA) is 98.2 Å². The van der Waals surface area contributed by atoms with Gasteiger partial charge in [-0.2, -0.15) is 10.2 Å². The first-order chi connectivity index (χ1) is 8.24. The highest BCUT2D eigenvalue weighted by molar-refractivity contribution is 7.11. The Balaban J connectivity index is 1.96. The third kappa shape index (κ3) is 3.38. The van der Waals surface area contributed by atoms with E-state index in [0.29, 0.717) is 6.54 Å². The number of hydrogen-bond donors (Lipinski definition) is 2. The van der Waals surface area contributed by atoms with Gasteiger partial charge in [0, 0.05) is 4.88 Å². The molecule has 88 valence electrons. The van der Waals surface area contributed by atoms with E-state index in [-0.39, 0.29) is 0 Å². The number of amides is 2. The second-order valence-electron chi connectivity index (χ2n) is 3.18. The maximum atomic E-state index is 10.4. The number of aromatic nitrogens is 3. The van der Waals surface area contributed by atoms with Crippen LogP contribution in [-0.2, 0) is 6.54 Å². The number of nitrogens with two attached hydrogens (primary N) is 1. The molecule has 2 amide bonds. The Morgan fingerprint density at radius 1 is 1.71 bits per heavy atom. The van der Waals surface area contributed by atoms with E-state index < -0.39 is 6.03 Å². The van der Waals surface area contributed by atoms with Gasteiger partial charge in [0.2, 0.25) is 0 Å². The molecule has 7 nitrogen and oxygen atoms in total. The van der Waals surface area contributed by atoms with Gasteiger partial charge in [0.25, 0.3) is 0 Å². The van der Waals surface area contributed by atoms with E-state index in [2.05, 4.69) is 20.6 Å². The molecular formula is C9H10N6OS. The molecular weight excluding hydrogens is 240 g/mol. The van der Waals surface area contributed by atoms with E-state index in [1.807, 2.05) is 11.4 Å². The van der Waals surface area contributed by atoms with Gasteiger partial charge in [-0.05, 0) is 17.0 Å². The van der Waals surface area contributed by atoms with Crippen molar-refractivity contribution in [2.45, 2.75) is 6.54 Å². The molecule has 0 saturated carbocycles. The van der Waals surface area contributed by atoms with Gasteiger partial charge in [0.1, 0.15) is 12.7 Å². The Bertz CT molecular complexity index is 517. The Morgan fingerprint density at radius 3 is 3.29 bits per heavy atom. The van der Waals surface area contributed by atoms with Crippen LogP contribution in [0.2, 0.25) is 0 Å². The quantitative estimate of drug-likeness (QED) is 0.606. The van der Waals surface area contributed by atoms with Gasteiger partial charge in [0.15, 0.2) is 0 Å². The standard InChI is InChI=1S/C9H10N6OS/c10-9(16)14-12-2-8-1-7(4-17-8)3-15-6-11-5-13-15/h1-2,4-6H,3H2,(H3,10,14,16)/b12-2-. The first kappa shape index (κ1) is 11.3. The maximum Gasteiger partial charge on any atom is 0.332 e. The Labute approximate surface area is 101 Å². The van der Waals surface area contributed by atoms with Gasteiger partial charge >= 0.3 is 6.03 Å². The van der Waals surface area contributed by atoms with Crippen LogP contribution in [0.3, 0.4) is 0 Å². The number of rotatable bonds is 4. The van der Waals surface area contributed by atoms with E-state index in [1.165, 1.54) is 17.7 Å². The van der Waals surface area contributed by atoms with Gasteiger partial charge in [-0.3, -0.25) is 0 Å². The van der Waals surface area contributed by atoms with Crippen molar-refractivity contribution in [3.05, 3.63) is 34.5 Å². The molecule has 17 heavy (non-hydrogen) atoms. The Morgan fingerprint density at radius 2 is 2.59 bits per heavy atom. The van der Waals surface area contributed by atoms with Crippen molar-refractivity contribution in [3.8, 4) is 0 Å². The number of nitrogens with one attached hydrogen (secondary N) is 1. The van der Waals surface area contributed by atoms with Crippen LogP contribution in [-0.4, -0.2) is 27.0 Å². The smallest absolute Gasteiger partial charge is 0.332 e. The second kappa shape index (κ2) is 5.21. The number of carbonyl (C=O) groups excluding carboxylic acids is 1. The first-order valence-electron chi connectivity index (χ1n) is 4.72. The number of nitrogens with zero attached hydrogens (tertiary/aromatic N) is 4. The lowest BCUT2D eigenvalue weighted by atomic mass is 10.3. The number of thiophene rings is 1. The van der Waals surface area contributed by atoms with Gasteiger partial charge in [-0.15, -0.1) is 11.3 Å². The lowest BCUT2D eigenvalue weighted by Crippen LogP contribution is -2.24. The van der Waals surface area contributed by atoms with E-state index in [1.54, 1.807) is 17.2 Å². The molecule has 0 bridgehead atoms. The molecule has 0 aliphatic carbocycles. The zero-order valence-corrected chi connectivity index (χ0v) is 9.59. The van der Waals surface area contributed by atoms with Crippen LogP contribution in [0.5, 0.6) is 0 Å². The summed E-state index contributed by atoms with van der Waals surface area (Å²) in [6, 6.07) is 1.28. The van der Waals surface area contributed by atoms with Crippen LogP contribution in [0, 0.1) is 0 Å². The number of hydrazone groups is 1. The average Bonchev–Trinajstić information content (AvgIpc) is 2.90. The summed E-state index contributed by atoms with van der Waals surface area (Å²) in [4.78, 5) is 15.2. The molecule has 2 heterocycles. The third-order valence-electron chi connectivity index (χ3n) is 1.85. The van der Waals surface area contributed by atoms with Crippen molar-refractivity contribution in [1.82, 2.24) is 20.2 Å². The molecule has 2 aromatic rings. The lowest BCUT2D eigenvalue weighted by molar-refractivity contribution is 0.249. The number of urea groups is 1. The highest BCUT2D eigenvalue weighted by Crippen LogP contribution is 2.13. The monoisotopic (exact) mass is 250 g/mol. The fourth-order valence-corrected chi connectivity index (χ4v) is 1.97. The summed E-state index contributed by atoms with van der Waals surface area (Å²) in [5, 5.41) is 9.68. The van der Waals surface area contributed by atoms with Crippen molar-refractivity contribution in [2.75, 3.05) is 0 Å². The number of primary amides is 1. The molecule has 0 radical (unpaired) electrons. The van der Waals surface area contributed by atoms with Gasteiger partial charge < -0.3 is 5.73 Å². The second-order valence-corrected chi connectivity index (χ2v) is 4.13. The highest BCUT2D eigenvalue weighted by atomic mass is 32.1. The third-order valence-corrected chi connectivity index (χ3v) is 2.77. The molecule has 0 unspecified atom stereocenters. The Hall–Kier alpha value is -2.22. The summed E-state index contributed by atoms with van der Waals surface area (Å²) in [6.07, 6.45) is 4.69. The summed E-state index contributed by atoms with van der Waals surface area (Å²) in [6.45, 7) is 0.660. The zero-order valence-electron chi connectivity index (χ0n) is 8.78. The van der Waals surface area contributed by atoms with Gasteiger partial charge in [0.05, 0.1) is 12.8 Å². The van der Waals surface area contributed by atoms with Crippen LogP contribution in [0.1, 0.15) is 10.4 Å². The average molecular weight is 250 g/mol. The van der Waals surface area contributed by atoms with Crippen molar-refractivity contribution < 1.29 is 4.79 Å². The van der Waals surface area contributed by atoms with Crippen molar-refractivity contribution in [3.63, 3.8) is 0 Å². The predicted molar refractivity (Wildman–Crippen MR) is 63.8 cm³/mol. The maximum absolute atomic E-state index is 10.4. The van der Waals surface area contributed by atoms with Crippen LogP contribution >= 0.6 is 11.3 Å². The molecule has 0 fully saturated rings. The van der Waals surface area contributed by atoms with Gasteiger partial charge in [-0.25, -0.2) is 19.9 Å². The molecule has 0 aromatic carbocycles. The van der Waals surface area contributed by atoms with Crippen molar-refractivity contribution in [2.24, 2.45) is 10.8 Å². The molecule has 0 aliphatic rings.